The zero-order valence-corrected chi connectivity index (χ0v) is 31.0. The van der Waals surface area contributed by atoms with E-state index in [-0.39, 0.29) is 0 Å². The van der Waals surface area contributed by atoms with Crippen molar-refractivity contribution in [2.75, 3.05) is 0 Å². The number of nitrogens with zero attached hydrogens (tertiary/aromatic N) is 3. The molecule has 57 heavy (non-hydrogen) atoms. The van der Waals surface area contributed by atoms with Crippen LogP contribution < -0.4 is 0 Å². The molecule has 0 amide bonds. The molecule has 12 rings (SSSR count). The Labute approximate surface area is 329 Å². The van der Waals surface area contributed by atoms with Crippen LogP contribution in [-0.2, 0) is 0 Å². The first-order valence-electron chi connectivity index (χ1n) is 19.6. The van der Waals surface area contributed by atoms with E-state index in [0.717, 1.165) is 11.4 Å². The summed E-state index contributed by atoms with van der Waals surface area (Å²) >= 11 is 0. The second kappa shape index (κ2) is 12.5. The van der Waals surface area contributed by atoms with E-state index in [1.807, 2.05) is 0 Å². The van der Waals surface area contributed by atoms with E-state index in [2.05, 4.69) is 226 Å². The van der Waals surface area contributed by atoms with Crippen LogP contribution in [0.2, 0.25) is 0 Å². The summed E-state index contributed by atoms with van der Waals surface area (Å²) in [6, 6.07) is 77.5. The highest BCUT2D eigenvalue weighted by atomic mass is 15.0. The summed E-state index contributed by atoms with van der Waals surface area (Å²) in [5, 5.41) is 7.46. The molecule has 3 aromatic heterocycles. The van der Waals surface area contributed by atoms with Gasteiger partial charge in [0, 0.05) is 54.8 Å². The number of fused-ring (bicyclic) bond motifs is 9. The van der Waals surface area contributed by atoms with Crippen molar-refractivity contribution in [2.45, 2.75) is 0 Å². The van der Waals surface area contributed by atoms with Gasteiger partial charge in [0.25, 0.3) is 0 Å². The molecular formula is C54H35N3. The Bertz CT molecular complexity index is 3400. The van der Waals surface area contributed by atoms with Crippen LogP contribution in [0.3, 0.4) is 0 Å². The monoisotopic (exact) mass is 725 g/mol. The summed E-state index contributed by atoms with van der Waals surface area (Å²) in [6.45, 7) is 0. The third kappa shape index (κ3) is 4.73. The molecule has 3 heterocycles. The highest BCUT2D eigenvalue weighted by Gasteiger charge is 2.22. The fourth-order valence-corrected chi connectivity index (χ4v) is 9.40. The minimum Gasteiger partial charge on any atom is -0.309 e. The lowest BCUT2D eigenvalue weighted by Crippen LogP contribution is -2.01. The molecule has 0 radical (unpaired) electrons. The van der Waals surface area contributed by atoms with Crippen LogP contribution in [0.5, 0.6) is 0 Å². The summed E-state index contributed by atoms with van der Waals surface area (Å²) in [6.07, 6.45) is 0. The van der Waals surface area contributed by atoms with Gasteiger partial charge in [0.1, 0.15) is 0 Å². The Morgan fingerprint density at radius 1 is 0.228 bits per heavy atom. The predicted octanol–water partition coefficient (Wildman–Crippen LogP) is 14.3. The normalized spacial score (nSPS) is 11.9. The SMILES string of the molecule is c1ccc(-c2cccc(-c3ccccc3)c2-n2c3ccccc3c3ccc(-n4c5ccccc5c5cc(-n6c7ccccc7c7ccccc76)ccc54)cc32)cc1. The summed E-state index contributed by atoms with van der Waals surface area (Å²) in [7, 11) is 0. The van der Waals surface area contributed by atoms with E-state index in [9.17, 15) is 0 Å². The van der Waals surface area contributed by atoms with E-state index in [0.29, 0.717) is 0 Å². The number of rotatable bonds is 5. The average molecular weight is 726 g/mol. The van der Waals surface area contributed by atoms with Crippen LogP contribution in [0.25, 0.3) is 105 Å². The van der Waals surface area contributed by atoms with E-state index in [1.54, 1.807) is 0 Å². The van der Waals surface area contributed by atoms with E-state index >= 15 is 0 Å². The molecule has 0 N–H and O–H groups in total. The molecule has 0 atom stereocenters. The van der Waals surface area contributed by atoms with Crippen molar-refractivity contribution in [3.63, 3.8) is 0 Å². The zero-order valence-electron chi connectivity index (χ0n) is 31.0. The van der Waals surface area contributed by atoms with Crippen molar-refractivity contribution in [1.29, 1.82) is 0 Å². The first-order valence-corrected chi connectivity index (χ1v) is 19.6. The quantitative estimate of drug-likeness (QED) is 0.168. The van der Waals surface area contributed by atoms with Gasteiger partial charge < -0.3 is 13.7 Å². The van der Waals surface area contributed by atoms with Crippen molar-refractivity contribution >= 4 is 65.4 Å². The molecule has 9 aromatic carbocycles. The number of hydrogen-bond acceptors (Lipinski definition) is 0. The van der Waals surface area contributed by atoms with E-state index in [4.69, 9.17) is 0 Å². The smallest absolute Gasteiger partial charge is 0.0618 e. The van der Waals surface area contributed by atoms with Gasteiger partial charge in [-0.25, -0.2) is 0 Å². The van der Waals surface area contributed by atoms with Gasteiger partial charge >= 0.3 is 0 Å². The standard InChI is InChI=1S/C54H35N3/c1-3-16-36(17-4-1)40-24-15-25-41(37-18-5-2-6-19-37)54(40)57-51-29-14-9-22-44(51)46-32-30-39(35-53(46)57)56-50-28-13-10-23-45(50)47-34-38(31-33-52(47)56)55-48-26-11-7-20-42(48)43-21-8-12-27-49(43)55/h1-35H. The molecular weight excluding hydrogens is 691 g/mol. The van der Waals surface area contributed by atoms with E-state index in [1.165, 1.54) is 93.4 Å². The van der Waals surface area contributed by atoms with Crippen molar-refractivity contribution < 1.29 is 0 Å². The predicted molar refractivity (Wildman–Crippen MR) is 240 cm³/mol. The van der Waals surface area contributed by atoms with E-state index < -0.39 is 0 Å². The second-order valence-corrected chi connectivity index (χ2v) is 14.9. The Morgan fingerprint density at radius 2 is 0.614 bits per heavy atom. The Kier molecular flexibility index (Phi) is 6.93. The molecule has 3 heteroatoms. The molecule has 0 spiro atoms. The maximum atomic E-state index is 2.51. The summed E-state index contributed by atoms with van der Waals surface area (Å²) in [4.78, 5) is 0. The van der Waals surface area contributed by atoms with Gasteiger partial charge in [-0.15, -0.1) is 0 Å². The van der Waals surface area contributed by atoms with Crippen LogP contribution in [-0.4, -0.2) is 13.7 Å². The Morgan fingerprint density at radius 3 is 1.14 bits per heavy atom. The Balaban J connectivity index is 1.14. The van der Waals surface area contributed by atoms with Crippen LogP contribution in [0, 0.1) is 0 Å². The average Bonchev–Trinajstić information content (AvgIpc) is 3.92. The lowest BCUT2D eigenvalue weighted by Gasteiger charge is -2.19. The van der Waals surface area contributed by atoms with Gasteiger partial charge in [0.2, 0.25) is 0 Å². The maximum absolute atomic E-state index is 2.51. The van der Waals surface area contributed by atoms with Gasteiger partial charge in [-0.2, -0.15) is 0 Å². The molecule has 0 aliphatic rings. The highest BCUT2D eigenvalue weighted by molar-refractivity contribution is 6.14. The lowest BCUT2D eigenvalue weighted by molar-refractivity contribution is 1.15. The molecule has 0 fully saturated rings. The van der Waals surface area contributed by atoms with Crippen LogP contribution in [0.4, 0.5) is 0 Å². The fourth-order valence-electron chi connectivity index (χ4n) is 9.40. The Hall–Kier alpha value is -7.62. The molecule has 0 bridgehead atoms. The molecule has 12 aromatic rings. The third-order valence-electron chi connectivity index (χ3n) is 11.8. The van der Waals surface area contributed by atoms with Gasteiger partial charge in [0.05, 0.1) is 38.8 Å². The minimum absolute atomic E-state index is 1.13. The number of benzene rings is 9. The first-order chi connectivity index (χ1) is 28.3. The summed E-state index contributed by atoms with van der Waals surface area (Å²) in [5.74, 6) is 0. The molecule has 0 saturated heterocycles. The fraction of sp³-hybridized carbons (Fsp3) is 0. The topological polar surface area (TPSA) is 14.8 Å². The molecule has 0 aliphatic heterocycles. The number of hydrogen-bond donors (Lipinski definition) is 0. The van der Waals surface area contributed by atoms with Gasteiger partial charge in [-0.1, -0.05) is 158 Å². The largest absolute Gasteiger partial charge is 0.309 e. The van der Waals surface area contributed by atoms with Gasteiger partial charge in [-0.05, 0) is 65.7 Å². The first kappa shape index (κ1) is 31.7. The number of para-hydroxylation sites is 5. The third-order valence-corrected chi connectivity index (χ3v) is 11.8. The molecule has 0 unspecified atom stereocenters. The van der Waals surface area contributed by atoms with Crippen molar-refractivity contribution in [1.82, 2.24) is 13.7 Å². The van der Waals surface area contributed by atoms with Crippen molar-refractivity contribution in [3.8, 4) is 39.3 Å². The molecule has 0 saturated carbocycles. The van der Waals surface area contributed by atoms with Gasteiger partial charge in [-0.3, -0.25) is 0 Å². The van der Waals surface area contributed by atoms with Crippen LogP contribution >= 0.6 is 0 Å². The summed E-state index contributed by atoms with van der Waals surface area (Å²) < 4.78 is 7.37. The van der Waals surface area contributed by atoms with Crippen LogP contribution in [0.1, 0.15) is 0 Å². The maximum Gasteiger partial charge on any atom is 0.0618 e. The lowest BCUT2D eigenvalue weighted by atomic mass is 9.95. The molecule has 0 aliphatic carbocycles. The molecule has 3 nitrogen and oxygen atoms in total. The number of aromatic nitrogens is 3. The second-order valence-electron chi connectivity index (χ2n) is 14.9. The highest BCUT2D eigenvalue weighted by Crippen LogP contribution is 2.43. The zero-order chi connectivity index (χ0) is 37.5. The van der Waals surface area contributed by atoms with Crippen molar-refractivity contribution in [3.05, 3.63) is 212 Å². The van der Waals surface area contributed by atoms with Gasteiger partial charge in [0.15, 0.2) is 0 Å². The summed E-state index contributed by atoms with van der Waals surface area (Å²) in [5.41, 5.74) is 15.4. The molecule has 266 valence electrons. The van der Waals surface area contributed by atoms with Crippen molar-refractivity contribution in [2.24, 2.45) is 0 Å². The van der Waals surface area contributed by atoms with Crippen LogP contribution in [0.15, 0.2) is 212 Å². The minimum atomic E-state index is 1.13.